The molecule has 5 rings (SSSR count). The number of hydrogen-bond donors (Lipinski definition) is 1. The molecule has 2 aromatic rings. The van der Waals surface area contributed by atoms with Crippen LogP contribution in [-0.4, -0.2) is 66.7 Å². The number of nitrogens with one attached hydrogen (secondary N) is 1. The molecule has 156 valence electrons. The maximum absolute atomic E-state index is 12.9. The smallest absolute Gasteiger partial charge is 0.320 e. The van der Waals surface area contributed by atoms with Gasteiger partial charge in [0.2, 0.25) is 5.91 Å². The van der Waals surface area contributed by atoms with Gasteiger partial charge in [0.25, 0.3) is 0 Å². The number of hydrogen-bond acceptors (Lipinski definition) is 3. The van der Waals surface area contributed by atoms with E-state index < -0.39 is 0 Å². The van der Waals surface area contributed by atoms with Crippen LogP contribution in [0.25, 0.3) is 11.1 Å². The Balaban J connectivity index is 1.16. The van der Waals surface area contributed by atoms with E-state index in [1.165, 1.54) is 22.3 Å². The molecule has 3 amide bonds. The fourth-order valence-corrected chi connectivity index (χ4v) is 4.61. The van der Waals surface area contributed by atoms with E-state index in [1.807, 2.05) is 9.80 Å². The van der Waals surface area contributed by atoms with Crippen LogP contribution in [0.5, 0.6) is 0 Å². The summed E-state index contributed by atoms with van der Waals surface area (Å²) in [7, 11) is 0. The maximum atomic E-state index is 12.9. The number of likely N-dealkylation sites (tertiary alicyclic amines) is 2. The Hall–Kier alpha value is -2.86. The van der Waals surface area contributed by atoms with E-state index in [9.17, 15) is 9.59 Å². The number of amides is 3. The maximum Gasteiger partial charge on any atom is 0.320 e. The third-order valence-electron chi connectivity index (χ3n) is 6.51. The summed E-state index contributed by atoms with van der Waals surface area (Å²) in [6, 6.07) is 17.2. The van der Waals surface area contributed by atoms with Gasteiger partial charge in [0.05, 0.1) is 12.1 Å². The van der Waals surface area contributed by atoms with Crippen molar-refractivity contribution in [2.24, 2.45) is 0 Å². The van der Waals surface area contributed by atoms with Gasteiger partial charge in [-0.05, 0) is 30.0 Å². The first kappa shape index (κ1) is 19.1. The lowest BCUT2D eigenvalue weighted by Crippen LogP contribution is -2.63. The quantitative estimate of drug-likeness (QED) is 0.836. The van der Waals surface area contributed by atoms with Gasteiger partial charge >= 0.3 is 6.03 Å². The van der Waals surface area contributed by atoms with Gasteiger partial charge < -0.3 is 19.9 Å². The van der Waals surface area contributed by atoms with E-state index >= 15 is 0 Å². The highest BCUT2D eigenvalue weighted by molar-refractivity contribution is 5.79. The van der Waals surface area contributed by atoms with Crippen molar-refractivity contribution in [2.45, 2.75) is 31.4 Å². The first-order valence-electron chi connectivity index (χ1n) is 10.7. The number of carbonyl (C=O) groups excluding carboxylic acids is 2. The predicted octanol–water partition coefficient (Wildman–Crippen LogP) is 2.77. The molecule has 2 atom stereocenters. The number of morpholine rings is 1. The lowest BCUT2D eigenvalue weighted by molar-refractivity contribution is -0.139. The van der Waals surface area contributed by atoms with Gasteiger partial charge in [-0.25, -0.2) is 4.79 Å². The fraction of sp³-hybridized carbons (Fsp3) is 0.417. The summed E-state index contributed by atoms with van der Waals surface area (Å²) in [5.74, 6) is 0.292. The molecule has 6 heteroatoms. The number of nitrogens with zero attached hydrogens (tertiary/aromatic N) is 2. The van der Waals surface area contributed by atoms with Crippen molar-refractivity contribution >= 4 is 11.9 Å². The molecule has 0 aliphatic carbocycles. The molecule has 0 aromatic heterocycles. The molecule has 0 saturated carbocycles. The molecule has 0 unspecified atom stereocenters. The summed E-state index contributed by atoms with van der Waals surface area (Å²) >= 11 is 0. The Bertz CT molecular complexity index is 935. The standard InChI is InChI=1S/C24H27N3O3/c1-16-2-4-17(5-3-16)18-6-8-19(9-7-18)20-12-27(13-20)24(29)26-11-10-22-21(14-26)25-23(28)15-30-22/h2-9,20-22H,10-15H2,1H3,(H,25,28)/t21-,22+/m1/s1. The summed E-state index contributed by atoms with van der Waals surface area (Å²) in [5, 5.41) is 2.96. The van der Waals surface area contributed by atoms with Crippen molar-refractivity contribution in [3.8, 4) is 11.1 Å². The van der Waals surface area contributed by atoms with Crippen molar-refractivity contribution in [2.75, 3.05) is 32.8 Å². The number of urea groups is 1. The number of ether oxygens (including phenoxy) is 1. The normalized spacial score (nSPS) is 24.1. The number of aryl methyl sites for hydroxylation is 1. The summed E-state index contributed by atoms with van der Waals surface area (Å²) in [6.07, 6.45) is 0.803. The molecule has 0 radical (unpaired) electrons. The molecule has 1 N–H and O–H groups in total. The van der Waals surface area contributed by atoms with Gasteiger partial charge in [-0.3, -0.25) is 4.79 Å². The summed E-state index contributed by atoms with van der Waals surface area (Å²) in [6.45, 7) is 4.93. The minimum atomic E-state index is -0.0938. The second-order valence-corrected chi connectivity index (χ2v) is 8.63. The summed E-state index contributed by atoms with van der Waals surface area (Å²) < 4.78 is 5.58. The zero-order valence-electron chi connectivity index (χ0n) is 17.2. The van der Waals surface area contributed by atoms with Gasteiger partial charge in [0.15, 0.2) is 0 Å². The number of rotatable bonds is 2. The zero-order valence-corrected chi connectivity index (χ0v) is 17.2. The van der Waals surface area contributed by atoms with Gasteiger partial charge in [-0.2, -0.15) is 0 Å². The van der Waals surface area contributed by atoms with Crippen LogP contribution < -0.4 is 5.32 Å². The Kier molecular flexibility index (Phi) is 4.95. The van der Waals surface area contributed by atoms with E-state index in [0.717, 1.165) is 19.5 Å². The fourth-order valence-electron chi connectivity index (χ4n) is 4.61. The average Bonchev–Trinajstić information content (AvgIpc) is 2.73. The molecule has 3 fully saturated rings. The lowest BCUT2D eigenvalue weighted by Gasteiger charge is -2.46. The van der Waals surface area contributed by atoms with E-state index in [-0.39, 0.29) is 30.7 Å². The van der Waals surface area contributed by atoms with Crippen LogP contribution in [-0.2, 0) is 9.53 Å². The molecule has 3 aliphatic heterocycles. The van der Waals surface area contributed by atoms with Crippen molar-refractivity contribution in [3.05, 3.63) is 59.7 Å². The molecule has 0 spiro atoms. The van der Waals surface area contributed by atoms with Crippen LogP contribution in [0, 0.1) is 6.92 Å². The SMILES string of the molecule is Cc1ccc(-c2ccc(C3CN(C(=O)N4CC[C@@H]5OCC(=O)N[C@@H]5C4)C3)cc2)cc1. The number of piperidine rings is 1. The van der Waals surface area contributed by atoms with E-state index in [2.05, 4.69) is 60.8 Å². The van der Waals surface area contributed by atoms with Gasteiger partial charge in [0.1, 0.15) is 6.61 Å². The van der Waals surface area contributed by atoms with Crippen LogP contribution in [0.15, 0.2) is 48.5 Å². The van der Waals surface area contributed by atoms with Crippen LogP contribution >= 0.6 is 0 Å². The Morgan fingerprint density at radius 1 is 0.967 bits per heavy atom. The Morgan fingerprint density at radius 2 is 1.63 bits per heavy atom. The van der Waals surface area contributed by atoms with E-state index in [4.69, 9.17) is 4.74 Å². The molecule has 0 bridgehead atoms. The van der Waals surface area contributed by atoms with Gasteiger partial charge in [-0.1, -0.05) is 54.1 Å². The molecule has 3 saturated heterocycles. The number of benzene rings is 2. The largest absolute Gasteiger partial charge is 0.366 e. The van der Waals surface area contributed by atoms with Crippen molar-refractivity contribution in [1.82, 2.24) is 15.1 Å². The highest BCUT2D eigenvalue weighted by Gasteiger charge is 2.40. The summed E-state index contributed by atoms with van der Waals surface area (Å²) in [4.78, 5) is 28.2. The number of fused-ring (bicyclic) bond motifs is 1. The lowest BCUT2D eigenvalue weighted by atomic mass is 9.90. The third kappa shape index (κ3) is 3.67. The third-order valence-corrected chi connectivity index (χ3v) is 6.51. The van der Waals surface area contributed by atoms with Crippen molar-refractivity contribution < 1.29 is 14.3 Å². The highest BCUT2D eigenvalue weighted by Crippen LogP contribution is 2.30. The monoisotopic (exact) mass is 405 g/mol. The topological polar surface area (TPSA) is 61.9 Å². The zero-order chi connectivity index (χ0) is 20.7. The van der Waals surface area contributed by atoms with Crippen LogP contribution in [0.2, 0.25) is 0 Å². The molecule has 3 heterocycles. The average molecular weight is 405 g/mol. The first-order chi connectivity index (χ1) is 14.6. The van der Waals surface area contributed by atoms with E-state index in [1.54, 1.807) is 0 Å². The molecular weight excluding hydrogens is 378 g/mol. The van der Waals surface area contributed by atoms with Gasteiger partial charge in [0, 0.05) is 32.1 Å². The number of carbonyl (C=O) groups is 2. The van der Waals surface area contributed by atoms with Crippen LogP contribution in [0.4, 0.5) is 4.79 Å². The molecular formula is C24H27N3O3. The molecule has 2 aromatic carbocycles. The van der Waals surface area contributed by atoms with E-state index in [0.29, 0.717) is 19.0 Å². The molecule has 3 aliphatic rings. The highest BCUT2D eigenvalue weighted by atomic mass is 16.5. The summed E-state index contributed by atoms with van der Waals surface area (Å²) in [5.41, 5.74) is 4.98. The van der Waals surface area contributed by atoms with Crippen molar-refractivity contribution in [3.63, 3.8) is 0 Å². The van der Waals surface area contributed by atoms with Gasteiger partial charge in [-0.15, -0.1) is 0 Å². The Labute approximate surface area is 176 Å². The van der Waals surface area contributed by atoms with Crippen LogP contribution in [0.3, 0.4) is 0 Å². The second-order valence-electron chi connectivity index (χ2n) is 8.63. The minimum Gasteiger partial charge on any atom is -0.366 e. The minimum absolute atomic E-state index is 0.0305. The van der Waals surface area contributed by atoms with Crippen molar-refractivity contribution in [1.29, 1.82) is 0 Å². The van der Waals surface area contributed by atoms with Crippen LogP contribution in [0.1, 0.15) is 23.5 Å². The second kappa shape index (κ2) is 7.76. The molecule has 30 heavy (non-hydrogen) atoms. The molecule has 6 nitrogen and oxygen atoms in total. The Morgan fingerprint density at radius 3 is 2.33 bits per heavy atom. The first-order valence-corrected chi connectivity index (χ1v) is 10.7. The predicted molar refractivity (Wildman–Crippen MR) is 114 cm³/mol.